The second-order valence-corrected chi connectivity index (χ2v) is 8.55. The van der Waals surface area contributed by atoms with Crippen LogP contribution >= 0.6 is 0 Å². The largest absolute Gasteiger partial charge is 0.511 e. The average Bonchev–Trinajstić information content (AvgIpc) is 2.72. The maximum absolute atomic E-state index is 13.4. The monoisotopic (exact) mass is 443 g/mol. The molecule has 0 aliphatic heterocycles. The molecule has 0 saturated heterocycles. The second kappa shape index (κ2) is 7.67. The fourth-order valence-electron chi connectivity index (χ4n) is 5.05. The van der Waals surface area contributed by atoms with Crippen LogP contribution in [0.1, 0.15) is 48.5 Å². The van der Waals surface area contributed by atoms with Crippen LogP contribution in [0.5, 0.6) is 11.5 Å². The van der Waals surface area contributed by atoms with Crippen molar-refractivity contribution in [2.75, 3.05) is 6.61 Å². The Morgan fingerprint density at radius 2 is 1.94 bits per heavy atom. The van der Waals surface area contributed by atoms with Gasteiger partial charge in [0.15, 0.2) is 11.4 Å². The van der Waals surface area contributed by atoms with Crippen LogP contribution in [-0.4, -0.2) is 50.1 Å². The van der Waals surface area contributed by atoms with Crippen molar-refractivity contribution in [2.24, 2.45) is 17.6 Å². The van der Waals surface area contributed by atoms with Gasteiger partial charge in [-0.05, 0) is 37.3 Å². The number of rotatable bonds is 5. The van der Waals surface area contributed by atoms with Gasteiger partial charge in [0.05, 0.1) is 12.2 Å². The molecule has 170 valence electrons. The number of fused-ring (bicyclic) bond motifs is 3. The van der Waals surface area contributed by atoms with Gasteiger partial charge in [-0.15, -0.1) is 0 Å². The number of unbranched alkanes of at least 4 members (excludes halogenated alkanes) is 1. The third-order valence-corrected chi connectivity index (χ3v) is 6.66. The number of benzene rings is 1. The number of ether oxygens (including phenoxy) is 1. The smallest absolute Gasteiger partial charge is 0.255 e. The topological polar surface area (TPSA) is 167 Å². The van der Waals surface area contributed by atoms with Crippen molar-refractivity contribution in [3.8, 4) is 11.5 Å². The molecule has 32 heavy (non-hydrogen) atoms. The second-order valence-electron chi connectivity index (χ2n) is 8.55. The third-order valence-electron chi connectivity index (χ3n) is 6.66. The van der Waals surface area contributed by atoms with Crippen LogP contribution in [0.4, 0.5) is 0 Å². The number of aliphatic hydroxyl groups excluding tert-OH is 2. The number of nitrogens with two attached hydrogens (primary N) is 1. The van der Waals surface area contributed by atoms with Gasteiger partial charge in [-0.3, -0.25) is 14.4 Å². The van der Waals surface area contributed by atoms with Crippen molar-refractivity contribution in [1.82, 2.24) is 0 Å². The molecule has 0 saturated carbocycles. The number of carbonyl (C=O) groups excluding carboxylic acids is 3. The molecule has 3 aliphatic rings. The van der Waals surface area contributed by atoms with Crippen LogP contribution in [0.2, 0.25) is 0 Å². The lowest BCUT2D eigenvalue weighted by Gasteiger charge is -2.45. The zero-order valence-electron chi connectivity index (χ0n) is 17.6. The normalized spacial score (nSPS) is 27.1. The Morgan fingerprint density at radius 3 is 2.59 bits per heavy atom. The van der Waals surface area contributed by atoms with E-state index in [2.05, 4.69) is 0 Å². The Balaban J connectivity index is 1.83. The molecule has 0 heterocycles. The number of allylic oxidation sites excluding steroid dienone is 2. The van der Waals surface area contributed by atoms with Gasteiger partial charge >= 0.3 is 0 Å². The number of hydrogen-bond acceptors (Lipinski definition) is 8. The number of hydrogen-bond donors (Lipinski definition) is 5. The standard InChI is InChI=1S/C23H25NO8/c1-2-3-6-32-15-5-4-13(25)17-12(15)8-10-7-11-9-14(26)18(22(24)30)21(29)23(11,31)20(28)16(10)19(17)27/h4-5,10-11,25-26,28,31H,2-3,6-9H2,1H3,(H2,24,30)/t10-,11+,23+/m1/s1. The lowest BCUT2D eigenvalue weighted by molar-refractivity contribution is -0.144. The molecule has 0 radical (unpaired) electrons. The van der Waals surface area contributed by atoms with Crippen molar-refractivity contribution < 1.29 is 39.5 Å². The van der Waals surface area contributed by atoms with Crippen molar-refractivity contribution in [1.29, 1.82) is 0 Å². The summed E-state index contributed by atoms with van der Waals surface area (Å²) in [6.45, 7) is 2.45. The molecule has 1 aromatic rings. The first-order valence-electron chi connectivity index (χ1n) is 10.6. The van der Waals surface area contributed by atoms with Crippen molar-refractivity contribution >= 4 is 17.5 Å². The fourth-order valence-corrected chi connectivity index (χ4v) is 5.05. The fraction of sp³-hybridized carbons (Fsp3) is 0.435. The van der Waals surface area contributed by atoms with E-state index in [0.29, 0.717) is 17.9 Å². The van der Waals surface area contributed by atoms with E-state index in [1.165, 1.54) is 6.07 Å². The Hall–Kier alpha value is -3.33. The summed E-state index contributed by atoms with van der Waals surface area (Å²) in [5.74, 6) is -5.96. The van der Waals surface area contributed by atoms with Gasteiger partial charge in [-0.25, -0.2) is 0 Å². The summed E-state index contributed by atoms with van der Waals surface area (Å²) in [5, 5.41) is 42.7. The number of ketones is 2. The zero-order valence-corrected chi connectivity index (χ0v) is 17.6. The van der Waals surface area contributed by atoms with E-state index in [1.807, 2.05) is 6.92 Å². The van der Waals surface area contributed by atoms with E-state index in [0.717, 1.165) is 12.8 Å². The zero-order chi connectivity index (χ0) is 23.4. The Morgan fingerprint density at radius 1 is 1.22 bits per heavy atom. The number of phenols is 1. The number of amides is 1. The van der Waals surface area contributed by atoms with Gasteiger partial charge in [-0.2, -0.15) is 0 Å². The van der Waals surface area contributed by atoms with Crippen LogP contribution in [0.3, 0.4) is 0 Å². The highest BCUT2D eigenvalue weighted by molar-refractivity contribution is 6.24. The predicted octanol–water partition coefficient (Wildman–Crippen LogP) is 1.76. The number of phenolic OH excluding ortho intramolecular Hbond substituents is 1. The first-order chi connectivity index (χ1) is 15.1. The number of aliphatic hydroxyl groups is 3. The summed E-state index contributed by atoms with van der Waals surface area (Å²) < 4.78 is 5.81. The molecule has 9 heteroatoms. The van der Waals surface area contributed by atoms with Crippen molar-refractivity contribution in [2.45, 2.75) is 44.6 Å². The summed E-state index contributed by atoms with van der Waals surface area (Å²) in [7, 11) is 0. The van der Waals surface area contributed by atoms with E-state index < -0.39 is 52.0 Å². The van der Waals surface area contributed by atoms with Crippen molar-refractivity contribution in [3.63, 3.8) is 0 Å². The third kappa shape index (κ3) is 2.99. The molecule has 4 rings (SSSR count). The van der Waals surface area contributed by atoms with E-state index >= 15 is 0 Å². The van der Waals surface area contributed by atoms with Crippen molar-refractivity contribution in [3.05, 3.63) is 45.9 Å². The van der Waals surface area contributed by atoms with E-state index in [-0.39, 0.29) is 36.1 Å². The minimum Gasteiger partial charge on any atom is -0.511 e. The average molecular weight is 443 g/mol. The molecule has 0 bridgehead atoms. The summed E-state index contributed by atoms with van der Waals surface area (Å²) in [4.78, 5) is 37.9. The van der Waals surface area contributed by atoms with E-state index in [9.17, 15) is 34.8 Å². The quantitative estimate of drug-likeness (QED) is 0.339. The minimum atomic E-state index is -2.56. The predicted molar refractivity (Wildman–Crippen MR) is 111 cm³/mol. The Bertz CT molecular complexity index is 1100. The summed E-state index contributed by atoms with van der Waals surface area (Å²) in [6, 6.07) is 2.91. The maximum Gasteiger partial charge on any atom is 0.255 e. The molecule has 0 fully saturated rings. The van der Waals surface area contributed by atoms with Crippen LogP contribution in [-0.2, 0) is 16.0 Å². The van der Waals surface area contributed by atoms with Crippen LogP contribution in [0.15, 0.2) is 34.8 Å². The van der Waals surface area contributed by atoms with Gasteiger partial charge in [-0.1, -0.05) is 13.3 Å². The summed E-state index contributed by atoms with van der Waals surface area (Å²) in [6.07, 6.45) is 1.79. The highest BCUT2D eigenvalue weighted by Crippen LogP contribution is 2.52. The van der Waals surface area contributed by atoms with Crippen LogP contribution in [0.25, 0.3) is 0 Å². The van der Waals surface area contributed by atoms with Crippen LogP contribution in [0, 0.1) is 11.8 Å². The minimum absolute atomic E-state index is 0.0457. The Kier molecular flexibility index (Phi) is 5.24. The van der Waals surface area contributed by atoms with Gasteiger partial charge in [0.1, 0.15) is 28.6 Å². The molecule has 9 nitrogen and oxygen atoms in total. The number of Topliss-reactive ketones (excluding diaryl/α,β-unsaturated/α-hetero) is 2. The summed E-state index contributed by atoms with van der Waals surface area (Å²) in [5.41, 5.74) is 2.11. The summed E-state index contributed by atoms with van der Waals surface area (Å²) >= 11 is 0. The molecule has 0 aromatic heterocycles. The molecule has 3 atom stereocenters. The first-order valence-corrected chi connectivity index (χ1v) is 10.6. The van der Waals surface area contributed by atoms with E-state index in [1.54, 1.807) is 6.07 Å². The molecule has 0 unspecified atom stereocenters. The van der Waals surface area contributed by atoms with Crippen LogP contribution < -0.4 is 10.5 Å². The first kappa shape index (κ1) is 21.9. The number of primary amides is 1. The Labute approximate surface area is 183 Å². The van der Waals surface area contributed by atoms with Gasteiger partial charge in [0.2, 0.25) is 5.78 Å². The molecule has 0 spiro atoms. The highest BCUT2D eigenvalue weighted by atomic mass is 16.5. The lowest BCUT2D eigenvalue weighted by Crippen LogP contribution is -2.57. The molecular weight excluding hydrogens is 418 g/mol. The SMILES string of the molecule is CCCCOc1ccc(O)c2c1C[C@H]1C[C@H]3CC(O)=C(C(N)=O)C(=O)[C@@]3(O)C(O)=C1C2=O. The molecule has 1 amide bonds. The molecule has 1 aromatic carbocycles. The molecular formula is C23H25NO8. The number of carbonyl (C=O) groups is 3. The highest BCUT2D eigenvalue weighted by Gasteiger charge is 2.59. The molecule has 3 aliphatic carbocycles. The van der Waals surface area contributed by atoms with Gasteiger partial charge in [0, 0.05) is 23.5 Å². The lowest BCUT2D eigenvalue weighted by atomic mass is 9.60. The van der Waals surface area contributed by atoms with E-state index in [4.69, 9.17) is 10.5 Å². The number of aromatic hydroxyl groups is 1. The van der Waals surface area contributed by atoms with Gasteiger partial charge < -0.3 is 30.9 Å². The van der Waals surface area contributed by atoms with Gasteiger partial charge in [0.25, 0.3) is 5.91 Å². The molecule has 6 N–H and O–H groups in total. The maximum atomic E-state index is 13.4.